The number of hydrogen-bond donors (Lipinski definition) is 3. The second-order valence-corrected chi connectivity index (χ2v) is 10.4. The van der Waals surface area contributed by atoms with Crippen LogP contribution in [0.25, 0.3) is 20.8 Å². The molecule has 1 aliphatic rings. The molecule has 2 heterocycles. The van der Waals surface area contributed by atoms with E-state index in [-0.39, 0.29) is 24.4 Å². The van der Waals surface area contributed by atoms with Gasteiger partial charge in [-0.15, -0.1) is 22.7 Å². The van der Waals surface area contributed by atoms with Crippen LogP contribution in [0.5, 0.6) is 0 Å². The lowest BCUT2D eigenvalue weighted by molar-refractivity contribution is -0.115. The third-order valence-corrected chi connectivity index (χ3v) is 7.64. The summed E-state index contributed by atoms with van der Waals surface area (Å²) in [6, 6.07) is 14.0. The van der Waals surface area contributed by atoms with Gasteiger partial charge in [-0.05, 0) is 61.7 Å². The number of urea groups is 1. The molecule has 1 saturated carbocycles. The number of carbonyl (C=O) groups excluding carboxylic acids is 2. The standard InChI is InChI=1S/C25H25N5O2S2/c1-15-6-11-20-21(12-15)34-23(29-20)16-7-9-18(10-8-16)26-22(31)13-19-14-33-25(28-19)30-24(32)27-17-4-2-3-5-17/h6-12,14,17H,2-5,13H2,1H3,(H,26,31)(H2,27,28,30,32). The Kier molecular flexibility index (Phi) is 6.55. The van der Waals surface area contributed by atoms with Crippen LogP contribution in [-0.2, 0) is 11.2 Å². The first kappa shape index (κ1) is 22.5. The van der Waals surface area contributed by atoms with Crippen LogP contribution in [0, 0.1) is 6.92 Å². The molecule has 7 nitrogen and oxygen atoms in total. The fourth-order valence-corrected chi connectivity index (χ4v) is 5.83. The summed E-state index contributed by atoms with van der Waals surface area (Å²) >= 11 is 2.98. The minimum Gasteiger partial charge on any atom is -0.335 e. The molecule has 174 valence electrons. The van der Waals surface area contributed by atoms with E-state index in [1.165, 1.54) is 21.6 Å². The monoisotopic (exact) mass is 491 g/mol. The number of rotatable bonds is 6. The zero-order valence-electron chi connectivity index (χ0n) is 18.8. The Bertz CT molecular complexity index is 1320. The van der Waals surface area contributed by atoms with Crippen LogP contribution < -0.4 is 16.0 Å². The first-order valence-electron chi connectivity index (χ1n) is 11.3. The molecule has 0 bridgehead atoms. The molecule has 3 amide bonds. The van der Waals surface area contributed by atoms with Crippen LogP contribution >= 0.6 is 22.7 Å². The molecule has 0 saturated heterocycles. The second kappa shape index (κ2) is 9.90. The maximum Gasteiger partial charge on any atom is 0.321 e. The van der Waals surface area contributed by atoms with Crippen molar-refractivity contribution < 1.29 is 9.59 Å². The lowest BCUT2D eigenvalue weighted by Crippen LogP contribution is -2.36. The van der Waals surface area contributed by atoms with Crippen molar-refractivity contribution in [2.45, 2.75) is 45.1 Å². The minimum absolute atomic E-state index is 0.140. The Balaban J connectivity index is 1.15. The van der Waals surface area contributed by atoms with Crippen molar-refractivity contribution in [3.05, 3.63) is 59.1 Å². The van der Waals surface area contributed by atoms with Crippen LogP contribution in [0.1, 0.15) is 36.9 Å². The van der Waals surface area contributed by atoms with Crippen LogP contribution in [0.4, 0.5) is 15.6 Å². The Labute approximate surface area is 205 Å². The molecule has 0 radical (unpaired) electrons. The van der Waals surface area contributed by atoms with Crippen molar-refractivity contribution >= 4 is 55.6 Å². The third-order valence-electron chi connectivity index (χ3n) is 5.76. The third kappa shape index (κ3) is 5.43. The molecule has 0 spiro atoms. The zero-order chi connectivity index (χ0) is 23.5. The van der Waals surface area contributed by atoms with Gasteiger partial charge in [0.1, 0.15) is 5.01 Å². The number of hydrogen-bond acceptors (Lipinski definition) is 6. The van der Waals surface area contributed by atoms with Gasteiger partial charge in [0, 0.05) is 22.7 Å². The van der Waals surface area contributed by atoms with Gasteiger partial charge in [0.25, 0.3) is 0 Å². The van der Waals surface area contributed by atoms with E-state index in [1.54, 1.807) is 16.7 Å². The van der Waals surface area contributed by atoms with E-state index in [1.807, 2.05) is 30.3 Å². The molecule has 0 aliphatic heterocycles. The number of aryl methyl sites for hydroxylation is 1. The van der Waals surface area contributed by atoms with E-state index >= 15 is 0 Å². The maximum absolute atomic E-state index is 12.5. The summed E-state index contributed by atoms with van der Waals surface area (Å²) in [6.45, 7) is 2.08. The summed E-state index contributed by atoms with van der Waals surface area (Å²) in [4.78, 5) is 33.7. The van der Waals surface area contributed by atoms with E-state index in [0.717, 1.165) is 47.5 Å². The molecule has 0 unspecified atom stereocenters. The van der Waals surface area contributed by atoms with E-state index in [2.05, 4.69) is 40.0 Å². The van der Waals surface area contributed by atoms with Crippen LogP contribution in [0.3, 0.4) is 0 Å². The van der Waals surface area contributed by atoms with E-state index in [9.17, 15) is 9.59 Å². The Morgan fingerprint density at radius 3 is 2.62 bits per heavy atom. The Morgan fingerprint density at radius 1 is 1.03 bits per heavy atom. The van der Waals surface area contributed by atoms with Gasteiger partial charge in [0.15, 0.2) is 5.13 Å². The smallest absolute Gasteiger partial charge is 0.321 e. The predicted molar refractivity (Wildman–Crippen MR) is 139 cm³/mol. The van der Waals surface area contributed by atoms with E-state index < -0.39 is 0 Å². The molecule has 5 rings (SSSR count). The second-order valence-electron chi connectivity index (χ2n) is 8.52. The number of aromatic nitrogens is 2. The summed E-state index contributed by atoms with van der Waals surface area (Å²) in [6.07, 6.45) is 4.51. The van der Waals surface area contributed by atoms with E-state index in [4.69, 9.17) is 4.98 Å². The van der Waals surface area contributed by atoms with Gasteiger partial charge in [-0.25, -0.2) is 14.8 Å². The zero-order valence-corrected chi connectivity index (χ0v) is 20.4. The van der Waals surface area contributed by atoms with E-state index in [0.29, 0.717) is 10.8 Å². The first-order valence-corrected chi connectivity index (χ1v) is 13.0. The summed E-state index contributed by atoms with van der Waals surface area (Å²) in [5.74, 6) is -0.157. The number of fused-ring (bicyclic) bond motifs is 1. The normalized spacial score (nSPS) is 13.8. The lowest BCUT2D eigenvalue weighted by atomic mass is 10.2. The molecule has 2 aromatic heterocycles. The molecule has 9 heteroatoms. The number of anilines is 2. The molecule has 2 aromatic carbocycles. The number of nitrogens with one attached hydrogen (secondary N) is 3. The van der Waals surface area contributed by atoms with Crippen LogP contribution in [0.15, 0.2) is 47.8 Å². The number of benzene rings is 2. The highest BCUT2D eigenvalue weighted by Crippen LogP contribution is 2.31. The van der Waals surface area contributed by atoms with Crippen LogP contribution in [0.2, 0.25) is 0 Å². The van der Waals surface area contributed by atoms with Gasteiger partial charge < -0.3 is 10.6 Å². The largest absolute Gasteiger partial charge is 0.335 e. The average molecular weight is 492 g/mol. The summed E-state index contributed by atoms with van der Waals surface area (Å²) in [5.41, 5.74) is 4.57. The van der Waals surface area contributed by atoms with Gasteiger partial charge in [-0.2, -0.15) is 0 Å². The maximum atomic E-state index is 12.5. The fraction of sp³-hybridized carbons (Fsp3) is 0.280. The number of amides is 3. The fourth-order valence-electron chi connectivity index (χ4n) is 4.06. The molecular weight excluding hydrogens is 466 g/mol. The highest BCUT2D eigenvalue weighted by Gasteiger charge is 2.18. The summed E-state index contributed by atoms with van der Waals surface area (Å²) < 4.78 is 1.17. The minimum atomic E-state index is -0.236. The molecule has 1 aliphatic carbocycles. The van der Waals surface area contributed by atoms with Gasteiger partial charge in [-0.3, -0.25) is 10.1 Å². The predicted octanol–water partition coefficient (Wildman–Crippen LogP) is 5.97. The molecule has 0 atom stereocenters. The highest BCUT2D eigenvalue weighted by molar-refractivity contribution is 7.21. The van der Waals surface area contributed by atoms with Gasteiger partial charge in [0.2, 0.25) is 5.91 Å². The molecular formula is C25H25N5O2S2. The Morgan fingerprint density at radius 2 is 1.82 bits per heavy atom. The molecule has 3 N–H and O–H groups in total. The van der Waals surface area contributed by atoms with Crippen molar-refractivity contribution in [2.24, 2.45) is 0 Å². The Hall–Kier alpha value is -3.30. The molecule has 4 aromatic rings. The lowest BCUT2D eigenvalue weighted by Gasteiger charge is -2.11. The number of thiazole rings is 2. The number of carbonyl (C=O) groups is 2. The van der Waals surface area contributed by atoms with Gasteiger partial charge in [0.05, 0.1) is 22.3 Å². The summed E-state index contributed by atoms with van der Waals surface area (Å²) in [5, 5.41) is 11.9. The SMILES string of the molecule is Cc1ccc2nc(-c3ccc(NC(=O)Cc4csc(NC(=O)NC5CCCC5)n4)cc3)sc2c1. The first-order chi connectivity index (χ1) is 16.5. The van der Waals surface area contributed by atoms with Gasteiger partial charge >= 0.3 is 6.03 Å². The summed E-state index contributed by atoms with van der Waals surface area (Å²) in [7, 11) is 0. The molecule has 1 fully saturated rings. The highest BCUT2D eigenvalue weighted by atomic mass is 32.1. The van der Waals surface area contributed by atoms with Crippen molar-refractivity contribution in [1.82, 2.24) is 15.3 Å². The van der Waals surface area contributed by atoms with Crippen LogP contribution in [-0.4, -0.2) is 27.9 Å². The number of nitrogens with zero attached hydrogens (tertiary/aromatic N) is 2. The van der Waals surface area contributed by atoms with Crippen molar-refractivity contribution in [3.63, 3.8) is 0 Å². The van der Waals surface area contributed by atoms with Crippen molar-refractivity contribution in [1.29, 1.82) is 0 Å². The van der Waals surface area contributed by atoms with Crippen molar-refractivity contribution in [3.8, 4) is 10.6 Å². The average Bonchev–Trinajstić information content (AvgIpc) is 3.55. The molecule has 34 heavy (non-hydrogen) atoms. The quantitative estimate of drug-likeness (QED) is 0.309. The van der Waals surface area contributed by atoms with Crippen molar-refractivity contribution in [2.75, 3.05) is 10.6 Å². The van der Waals surface area contributed by atoms with Gasteiger partial charge in [-0.1, -0.05) is 18.9 Å². The topological polar surface area (TPSA) is 96.0 Å².